The van der Waals surface area contributed by atoms with Crippen molar-refractivity contribution in [2.45, 2.75) is 64.8 Å². The maximum absolute atomic E-state index is 12.8. The van der Waals surface area contributed by atoms with Crippen LogP contribution in [-0.4, -0.2) is 69.0 Å². The van der Waals surface area contributed by atoms with E-state index in [1.54, 1.807) is 20.8 Å². The second-order valence-corrected chi connectivity index (χ2v) is 10.6. The first kappa shape index (κ1) is 25.5. The molecule has 0 radical (unpaired) electrons. The predicted octanol–water partition coefficient (Wildman–Crippen LogP) is 0.0846. The van der Waals surface area contributed by atoms with E-state index in [1.807, 2.05) is 0 Å². The minimum Gasteiger partial charge on any atom is -0.457 e. The number of hydrogen-bond donors (Lipinski definition) is 3. The average molecular weight is 492 g/mol. The Bertz CT molecular complexity index is 1060. The maximum atomic E-state index is 12.8. The number of carbonyl (C=O) groups is 3. The fraction of sp³-hybridized carbons (Fsp3) is 0.588. The van der Waals surface area contributed by atoms with Crippen LogP contribution in [0.4, 0.5) is 5.13 Å². The van der Waals surface area contributed by atoms with Gasteiger partial charge in [0.1, 0.15) is 17.3 Å². The fourth-order valence-electron chi connectivity index (χ4n) is 2.51. The third-order valence-electron chi connectivity index (χ3n) is 4.11. The molecule has 0 spiro atoms. The molecule has 2 heterocycles. The van der Waals surface area contributed by atoms with Gasteiger partial charge >= 0.3 is 16.3 Å². The number of ether oxygens (including phenoxy) is 1. The van der Waals surface area contributed by atoms with Crippen LogP contribution in [-0.2, 0) is 34.3 Å². The van der Waals surface area contributed by atoms with Crippen LogP contribution in [0.15, 0.2) is 10.5 Å². The van der Waals surface area contributed by atoms with E-state index < -0.39 is 57.1 Å². The van der Waals surface area contributed by atoms with Gasteiger partial charge < -0.3 is 20.6 Å². The Labute approximate surface area is 188 Å². The van der Waals surface area contributed by atoms with Gasteiger partial charge in [0.25, 0.3) is 11.8 Å². The number of nitrogens with two attached hydrogens (primary N) is 1. The summed E-state index contributed by atoms with van der Waals surface area (Å²) in [7, 11) is -4.76. The summed E-state index contributed by atoms with van der Waals surface area (Å²) in [4.78, 5) is 46.5. The lowest BCUT2D eigenvalue weighted by molar-refractivity contribution is -0.179. The van der Waals surface area contributed by atoms with Crippen molar-refractivity contribution in [1.29, 1.82) is 0 Å². The van der Waals surface area contributed by atoms with Crippen LogP contribution >= 0.6 is 11.3 Å². The standard InChI is InChI=1S/C17H25N5O8S2/c1-8-10(13(24)22(8)32(26,27)28)20-12(23)11(9-7-31-15(18)19-9)21-30-17(5,6)14(25)29-16(2,3)4/h7-8,10H,1-6H3,(H2,18,19)(H,20,23)(H,26,27,28)/t8-,10+/m1/s1. The number of hydrogen-bond acceptors (Lipinski definition) is 11. The van der Waals surface area contributed by atoms with Gasteiger partial charge in [0.05, 0.1) is 6.04 Å². The summed E-state index contributed by atoms with van der Waals surface area (Å²) >= 11 is 1.01. The minimum absolute atomic E-state index is 0.0102. The van der Waals surface area contributed by atoms with E-state index in [9.17, 15) is 22.8 Å². The lowest BCUT2D eigenvalue weighted by Gasteiger charge is -2.42. The summed E-state index contributed by atoms with van der Waals surface area (Å²) in [5.74, 6) is -2.70. The van der Waals surface area contributed by atoms with Gasteiger partial charge in [0.2, 0.25) is 5.60 Å². The number of amides is 2. The van der Waals surface area contributed by atoms with Gasteiger partial charge in [-0.2, -0.15) is 8.42 Å². The summed E-state index contributed by atoms with van der Waals surface area (Å²) < 4.78 is 37.1. The topological polar surface area (TPSA) is 191 Å². The first-order chi connectivity index (χ1) is 14.4. The quantitative estimate of drug-likeness (QED) is 0.155. The van der Waals surface area contributed by atoms with E-state index in [-0.39, 0.29) is 15.1 Å². The van der Waals surface area contributed by atoms with Crippen LogP contribution in [0.2, 0.25) is 0 Å². The number of anilines is 1. The van der Waals surface area contributed by atoms with Crippen LogP contribution in [0.5, 0.6) is 0 Å². The summed E-state index contributed by atoms with van der Waals surface area (Å²) in [5, 5.41) is 7.61. The lowest BCUT2D eigenvalue weighted by Crippen LogP contribution is -2.71. The van der Waals surface area contributed by atoms with E-state index >= 15 is 0 Å². The van der Waals surface area contributed by atoms with Gasteiger partial charge in [-0.1, -0.05) is 5.16 Å². The maximum Gasteiger partial charge on any atom is 0.362 e. The fourth-order valence-corrected chi connectivity index (χ4v) is 3.94. The number of nitrogen functional groups attached to an aromatic ring is 1. The van der Waals surface area contributed by atoms with Crippen LogP contribution in [0.1, 0.15) is 47.2 Å². The number of rotatable bonds is 7. The second kappa shape index (κ2) is 8.63. The number of esters is 1. The Morgan fingerprint density at radius 2 is 1.91 bits per heavy atom. The van der Waals surface area contributed by atoms with Crippen LogP contribution in [0, 0.1) is 0 Å². The molecule has 32 heavy (non-hydrogen) atoms. The number of aromatic nitrogens is 1. The SMILES string of the molecule is C[C@@H]1[C@H](NC(=O)C(=NOC(C)(C)C(=O)OC(C)(C)C)c2csc(N)n2)C(=O)N1S(=O)(=O)O. The first-order valence-electron chi connectivity index (χ1n) is 9.26. The summed E-state index contributed by atoms with van der Waals surface area (Å²) in [6, 6.07) is -2.29. The van der Waals surface area contributed by atoms with Crippen molar-refractivity contribution in [3.63, 3.8) is 0 Å². The highest BCUT2D eigenvalue weighted by Gasteiger charge is 2.51. The molecule has 4 N–H and O–H groups in total. The van der Waals surface area contributed by atoms with Crippen molar-refractivity contribution in [2.24, 2.45) is 5.16 Å². The zero-order valence-electron chi connectivity index (χ0n) is 18.3. The van der Waals surface area contributed by atoms with E-state index in [4.69, 9.17) is 19.9 Å². The van der Waals surface area contributed by atoms with Gasteiger partial charge in [0.15, 0.2) is 10.8 Å². The molecule has 0 aliphatic carbocycles. The van der Waals surface area contributed by atoms with E-state index in [0.29, 0.717) is 0 Å². The van der Waals surface area contributed by atoms with E-state index in [2.05, 4.69) is 15.5 Å². The van der Waals surface area contributed by atoms with Crippen molar-refractivity contribution in [3.8, 4) is 0 Å². The third-order valence-corrected chi connectivity index (χ3v) is 5.79. The number of β-lactam (4-membered cyclic amide) rings is 1. The molecule has 0 aromatic carbocycles. The number of carbonyl (C=O) groups excluding carboxylic acids is 3. The third kappa shape index (κ3) is 5.72. The Hall–Kier alpha value is -2.78. The van der Waals surface area contributed by atoms with Crippen molar-refractivity contribution in [1.82, 2.24) is 14.6 Å². The molecule has 1 aromatic rings. The van der Waals surface area contributed by atoms with Crippen LogP contribution in [0.25, 0.3) is 0 Å². The molecule has 2 rings (SSSR count). The molecule has 1 saturated heterocycles. The van der Waals surface area contributed by atoms with Crippen molar-refractivity contribution >= 4 is 50.3 Å². The molecule has 2 atom stereocenters. The molecule has 1 fully saturated rings. The molecule has 178 valence electrons. The Morgan fingerprint density at radius 1 is 1.31 bits per heavy atom. The highest BCUT2D eigenvalue weighted by Crippen LogP contribution is 2.24. The molecule has 1 aliphatic heterocycles. The normalized spacial score (nSPS) is 19.9. The molecule has 0 saturated carbocycles. The summed E-state index contributed by atoms with van der Waals surface area (Å²) in [5.41, 5.74) is 2.85. The molecular formula is C17H25N5O8S2. The van der Waals surface area contributed by atoms with E-state index in [1.165, 1.54) is 26.2 Å². The smallest absolute Gasteiger partial charge is 0.362 e. The number of nitrogens with one attached hydrogen (secondary N) is 1. The molecule has 15 heteroatoms. The van der Waals surface area contributed by atoms with Crippen LogP contribution in [0.3, 0.4) is 0 Å². The molecule has 1 aromatic heterocycles. The predicted molar refractivity (Wildman–Crippen MR) is 114 cm³/mol. The van der Waals surface area contributed by atoms with Gasteiger partial charge in [-0.15, -0.1) is 11.3 Å². The summed E-state index contributed by atoms with van der Waals surface area (Å²) in [6.07, 6.45) is 0. The number of oxime groups is 1. The zero-order chi connectivity index (χ0) is 24.6. The molecule has 0 bridgehead atoms. The van der Waals surface area contributed by atoms with Gasteiger partial charge in [-0.3, -0.25) is 14.1 Å². The molecule has 1 aliphatic rings. The van der Waals surface area contributed by atoms with Crippen molar-refractivity contribution < 1.29 is 36.9 Å². The van der Waals surface area contributed by atoms with Crippen molar-refractivity contribution in [2.75, 3.05) is 5.73 Å². The highest BCUT2D eigenvalue weighted by molar-refractivity contribution is 7.84. The zero-order valence-corrected chi connectivity index (χ0v) is 19.9. The number of thiazole rings is 1. The Kier molecular flexibility index (Phi) is 6.87. The van der Waals surface area contributed by atoms with Gasteiger partial charge in [-0.05, 0) is 41.5 Å². The Morgan fingerprint density at radius 3 is 2.34 bits per heavy atom. The number of nitrogens with zero attached hydrogens (tertiary/aromatic N) is 3. The molecule has 13 nitrogen and oxygen atoms in total. The lowest BCUT2D eigenvalue weighted by atomic mass is 10.0. The van der Waals surface area contributed by atoms with Crippen molar-refractivity contribution in [3.05, 3.63) is 11.1 Å². The summed E-state index contributed by atoms with van der Waals surface area (Å²) in [6.45, 7) is 9.11. The van der Waals surface area contributed by atoms with Gasteiger partial charge in [-0.25, -0.2) is 14.1 Å². The minimum atomic E-state index is -4.76. The van der Waals surface area contributed by atoms with E-state index in [0.717, 1.165) is 11.3 Å². The monoisotopic (exact) mass is 491 g/mol. The Balaban J connectivity index is 2.26. The molecule has 2 amide bonds. The highest BCUT2D eigenvalue weighted by atomic mass is 32.2. The largest absolute Gasteiger partial charge is 0.457 e. The first-order valence-corrected chi connectivity index (χ1v) is 11.5. The molecule has 0 unspecified atom stereocenters. The molecular weight excluding hydrogens is 466 g/mol. The van der Waals surface area contributed by atoms with Crippen LogP contribution < -0.4 is 11.1 Å². The van der Waals surface area contributed by atoms with Gasteiger partial charge in [0, 0.05) is 5.38 Å². The average Bonchev–Trinajstić information content (AvgIpc) is 3.03. The second-order valence-electron chi connectivity index (χ2n) is 8.42.